The van der Waals surface area contributed by atoms with Crippen LogP contribution in [-0.2, 0) is 4.79 Å². The number of anilines is 2. The van der Waals surface area contributed by atoms with Gasteiger partial charge in [-0.15, -0.1) is 0 Å². The molecule has 1 saturated heterocycles. The minimum atomic E-state index is -0.0661. The number of para-hydroxylation sites is 2. The van der Waals surface area contributed by atoms with Gasteiger partial charge in [0.1, 0.15) is 0 Å². The Morgan fingerprint density at radius 2 is 1.90 bits per heavy atom. The minimum absolute atomic E-state index is 0.0161. The lowest BCUT2D eigenvalue weighted by Gasteiger charge is -2.12. The van der Waals surface area contributed by atoms with Crippen molar-refractivity contribution >= 4 is 46.7 Å². The first-order chi connectivity index (χ1) is 10.2. The summed E-state index contributed by atoms with van der Waals surface area (Å²) in [4.78, 5) is 15.1. The zero-order valence-electron chi connectivity index (χ0n) is 10.9. The van der Waals surface area contributed by atoms with Crippen molar-refractivity contribution in [2.75, 3.05) is 10.2 Å². The summed E-state index contributed by atoms with van der Waals surface area (Å²) < 4.78 is 0. The Morgan fingerprint density at radius 3 is 2.76 bits per heavy atom. The van der Waals surface area contributed by atoms with Crippen LogP contribution in [0.3, 0.4) is 0 Å². The van der Waals surface area contributed by atoms with E-state index in [1.54, 1.807) is 4.90 Å². The minimum Gasteiger partial charge on any atom is -0.354 e. The molecule has 2 aromatic rings. The van der Waals surface area contributed by atoms with E-state index in [2.05, 4.69) is 5.32 Å². The third-order valence-electron chi connectivity index (χ3n) is 3.54. The lowest BCUT2D eigenvalue weighted by molar-refractivity contribution is -0.114. The highest BCUT2D eigenvalue weighted by Gasteiger charge is 2.42. The summed E-state index contributed by atoms with van der Waals surface area (Å²) >= 11 is 7.67. The van der Waals surface area contributed by atoms with Crippen molar-refractivity contribution in [1.29, 1.82) is 0 Å². The molecule has 1 N–H and O–H groups in total. The van der Waals surface area contributed by atoms with Gasteiger partial charge in [0.05, 0.1) is 16.3 Å². The second kappa shape index (κ2) is 4.83. The van der Waals surface area contributed by atoms with Crippen molar-refractivity contribution in [3.8, 4) is 0 Å². The van der Waals surface area contributed by atoms with Gasteiger partial charge in [0.2, 0.25) is 0 Å². The van der Waals surface area contributed by atoms with Crippen LogP contribution in [-0.4, -0.2) is 11.4 Å². The first-order valence-electron chi connectivity index (χ1n) is 6.56. The van der Waals surface area contributed by atoms with E-state index in [-0.39, 0.29) is 11.4 Å². The highest BCUT2D eigenvalue weighted by molar-refractivity contribution is 8.05. The van der Waals surface area contributed by atoms with E-state index in [0.717, 1.165) is 16.9 Å². The summed E-state index contributed by atoms with van der Waals surface area (Å²) in [6.45, 7) is 0. The summed E-state index contributed by atoms with van der Waals surface area (Å²) in [5, 5.41) is 4.00. The number of thioether (sulfide) groups is 1. The number of halogens is 1. The molecule has 0 aromatic heterocycles. The molecule has 2 aliphatic rings. The zero-order valence-corrected chi connectivity index (χ0v) is 12.5. The van der Waals surface area contributed by atoms with Gasteiger partial charge in [-0.2, -0.15) is 0 Å². The number of rotatable bonds is 1. The Labute approximate surface area is 131 Å². The maximum Gasteiger partial charge on any atom is 0.267 e. The van der Waals surface area contributed by atoms with Crippen LogP contribution in [0, 0.1) is 0 Å². The number of hydrogen-bond donors (Lipinski definition) is 1. The number of amides is 1. The molecular weight excluding hydrogens is 304 g/mol. The topological polar surface area (TPSA) is 32.3 Å². The van der Waals surface area contributed by atoms with E-state index in [9.17, 15) is 4.79 Å². The highest BCUT2D eigenvalue weighted by atomic mass is 35.5. The number of hydrogen-bond acceptors (Lipinski definition) is 3. The van der Waals surface area contributed by atoms with Gasteiger partial charge in [-0.25, -0.2) is 0 Å². The fraction of sp³-hybridized carbons (Fsp3) is 0.0625. The van der Waals surface area contributed by atoms with Crippen LogP contribution in [0.2, 0.25) is 5.02 Å². The number of carbonyl (C=O) groups excluding carboxylic acids is 1. The number of nitrogens with one attached hydrogen (secondary N) is 1. The summed E-state index contributed by atoms with van der Waals surface area (Å²) in [6, 6.07) is 15.4. The molecule has 4 rings (SSSR count). The smallest absolute Gasteiger partial charge is 0.267 e. The van der Waals surface area contributed by atoms with Gasteiger partial charge >= 0.3 is 0 Å². The molecule has 1 atom stereocenters. The summed E-state index contributed by atoms with van der Waals surface area (Å²) in [6.07, 6.45) is 1.86. The number of carbonyl (C=O) groups is 1. The third-order valence-corrected chi connectivity index (χ3v) is 4.98. The van der Waals surface area contributed by atoms with Crippen LogP contribution in [0.15, 0.2) is 53.4 Å². The monoisotopic (exact) mass is 314 g/mol. The lowest BCUT2D eigenvalue weighted by Crippen LogP contribution is -2.31. The lowest BCUT2D eigenvalue weighted by atomic mass is 10.2. The molecule has 1 amide bonds. The average molecular weight is 315 g/mol. The van der Waals surface area contributed by atoms with E-state index in [0.29, 0.717) is 9.93 Å². The molecule has 0 radical (unpaired) electrons. The normalized spacial score (nSPS) is 21.4. The van der Waals surface area contributed by atoms with Crippen molar-refractivity contribution in [2.45, 2.75) is 5.50 Å². The Balaban J connectivity index is 1.71. The van der Waals surface area contributed by atoms with E-state index < -0.39 is 0 Å². The predicted molar refractivity (Wildman–Crippen MR) is 88.4 cm³/mol. The second-order valence-corrected chi connectivity index (χ2v) is 6.37. The molecule has 1 unspecified atom stereocenters. The molecule has 1 fully saturated rings. The quantitative estimate of drug-likeness (QED) is 0.802. The fourth-order valence-electron chi connectivity index (χ4n) is 2.55. The van der Waals surface area contributed by atoms with Crippen LogP contribution in [0.5, 0.6) is 0 Å². The van der Waals surface area contributed by atoms with Gasteiger partial charge in [0.15, 0.2) is 5.50 Å². The van der Waals surface area contributed by atoms with Gasteiger partial charge in [-0.05, 0) is 29.8 Å². The third kappa shape index (κ3) is 2.03. The van der Waals surface area contributed by atoms with Crippen LogP contribution in [0.25, 0.3) is 6.08 Å². The van der Waals surface area contributed by atoms with Crippen molar-refractivity contribution in [1.82, 2.24) is 0 Å². The van der Waals surface area contributed by atoms with Crippen LogP contribution < -0.4 is 10.2 Å². The van der Waals surface area contributed by atoms with Crippen LogP contribution in [0.4, 0.5) is 11.4 Å². The van der Waals surface area contributed by atoms with E-state index in [1.807, 2.05) is 54.6 Å². The number of nitrogens with zero attached hydrogens (tertiary/aromatic N) is 1. The van der Waals surface area contributed by atoms with E-state index in [1.165, 1.54) is 11.8 Å². The van der Waals surface area contributed by atoms with Crippen molar-refractivity contribution in [3.05, 3.63) is 64.0 Å². The van der Waals surface area contributed by atoms with Crippen molar-refractivity contribution in [2.24, 2.45) is 0 Å². The largest absolute Gasteiger partial charge is 0.354 e. The summed E-state index contributed by atoms with van der Waals surface area (Å²) in [5.41, 5.74) is 2.73. The Bertz CT molecular complexity index is 774. The highest BCUT2D eigenvalue weighted by Crippen LogP contribution is 2.47. The summed E-state index contributed by atoms with van der Waals surface area (Å²) in [5.74, 6) is 0.0161. The Kier molecular flexibility index (Phi) is 2.94. The van der Waals surface area contributed by atoms with Gasteiger partial charge < -0.3 is 5.32 Å². The second-order valence-electron chi connectivity index (χ2n) is 4.84. The standard InChI is InChI=1S/C16H11ClN2OS/c17-11-6-2-1-5-10(11)9-14-15(20)19-13-8-4-3-7-12(13)18-16(19)21-14/h1-9,16,18H/b14-9-. The van der Waals surface area contributed by atoms with Crippen molar-refractivity contribution in [3.63, 3.8) is 0 Å². The molecule has 2 heterocycles. The van der Waals surface area contributed by atoms with Gasteiger partial charge in [-0.3, -0.25) is 9.69 Å². The van der Waals surface area contributed by atoms with Crippen molar-refractivity contribution < 1.29 is 4.79 Å². The SMILES string of the molecule is O=C1/C(=C/c2ccccc2Cl)SC2Nc3ccccc3N12. The van der Waals surface area contributed by atoms with Gasteiger partial charge in [0.25, 0.3) is 5.91 Å². The Morgan fingerprint density at radius 1 is 1.14 bits per heavy atom. The molecule has 0 saturated carbocycles. The van der Waals surface area contributed by atoms with Gasteiger partial charge in [0, 0.05) is 5.02 Å². The van der Waals surface area contributed by atoms with Crippen LogP contribution >= 0.6 is 23.4 Å². The summed E-state index contributed by atoms with van der Waals surface area (Å²) in [7, 11) is 0. The number of fused-ring (bicyclic) bond motifs is 3. The average Bonchev–Trinajstić information content (AvgIpc) is 2.99. The molecule has 5 heteroatoms. The maximum absolute atomic E-state index is 12.6. The molecule has 104 valence electrons. The molecule has 3 nitrogen and oxygen atoms in total. The molecule has 2 aliphatic heterocycles. The molecule has 0 spiro atoms. The molecule has 2 aromatic carbocycles. The fourth-order valence-corrected chi connectivity index (χ4v) is 3.87. The molecular formula is C16H11ClN2OS. The first kappa shape index (κ1) is 12.8. The van der Waals surface area contributed by atoms with Crippen LogP contribution in [0.1, 0.15) is 5.56 Å². The van der Waals surface area contributed by atoms with E-state index >= 15 is 0 Å². The molecule has 0 aliphatic carbocycles. The zero-order chi connectivity index (χ0) is 14.4. The first-order valence-corrected chi connectivity index (χ1v) is 7.82. The van der Waals surface area contributed by atoms with Gasteiger partial charge in [-0.1, -0.05) is 53.7 Å². The number of benzene rings is 2. The molecule has 21 heavy (non-hydrogen) atoms. The molecule has 0 bridgehead atoms. The van der Waals surface area contributed by atoms with E-state index in [4.69, 9.17) is 11.6 Å². The maximum atomic E-state index is 12.6. The predicted octanol–water partition coefficient (Wildman–Crippen LogP) is 4.17. The Hall–Kier alpha value is -1.91.